The third-order valence-corrected chi connectivity index (χ3v) is 2.17. The molecule has 0 radical (unpaired) electrons. The monoisotopic (exact) mass is 151 g/mol. The average molecular weight is 151 g/mol. The van der Waals surface area contributed by atoms with Crippen LogP contribution in [-0.2, 0) is 0 Å². The summed E-state index contributed by atoms with van der Waals surface area (Å²) < 4.78 is 2.14. The molecule has 1 aliphatic rings. The predicted molar refractivity (Wildman–Crippen MR) is 43.1 cm³/mol. The molecule has 60 valence electrons. The summed E-state index contributed by atoms with van der Waals surface area (Å²) in [4.78, 5) is 4.02. The smallest absolute Gasteiger partial charge is 0.0959 e. The van der Waals surface area contributed by atoms with E-state index in [2.05, 4.69) is 14.9 Å². The van der Waals surface area contributed by atoms with Crippen molar-refractivity contribution in [1.82, 2.24) is 14.9 Å². The fourth-order valence-electron chi connectivity index (χ4n) is 1.54. The van der Waals surface area contributed by atoms with Gasteiger partial charge in [-0.25, -0.2) is 4.98 Å². The molecule has 0 amide bonds. The van der Waals surface area contributed by atoms with E-state index in [-0.39, 0.29) is 0 Å². The molecular weight excluding hydrogens is 138 g/mol. The summed E-state index contributed by atoms with van der Waals surface area (Å²) in [6.45, 7) is 1.14. The van der Waals surface area contributed by atoms with Crippen LogP contribution in [0, 0.1) is 0 Å². The first-order valence-electron chi connectivity index (χ1n) is 4.17. The van der Waals surface area contributed by atoms with Gasteiger partial charge in [0.05, 0.1) is 12.5 Å². The summed E-state index contributed by atoms with van der Waals surface area (Å²) in [6.07, 6.45) is 10.1. The molecule has 0 bridgehead atoms. The number of rotatable bonds is 1. The predicted octanol–water partition coefficient (Wildman–Crippen LogP) is 1.16. The highest BCUT2D eigenvalue weighted by molar-refractivity contribution is 4.80. The van der Waals surface area contributed by atoms with Crippen molar-refractivity contribution >= 4 is 0 Å². The quantitative estimate of drug-likeness (QED) is 0.652. The minimum atomic E-state index is 0.492. The number of nitrogens with one attached hydrogen (secondary N) is 1. The fourth-order valence-corrected chi connectivity index (χ4v) is 1.54. The number of hydrogen-bond donors (Lipinski definition) is 1. The van der Waals surface area contributed by atoms with E-state index in [1.807, 2.05) is 18.7 Å². The van der Waals surface area contributed by atoms with Crippen LogP contribution in [0.5, 0.6) is 0 Å². The van der Waals surface area contributed by atoms with Crippen molar-refractivity contribution in [2.75, 3.05) is 6.54 Å². The first-order valence-corrected chi connectivity index (χ1v) is 4.17. The Hall–Kier alpha value is -0.830. The molecule has 2 rings (SSSR count). The highest BCUT2D eigenvalue weighted by atomic mass is 15.2. The maximum atomic E-state index is 4.02. The zero-order valence-corrected chi connectivity index (χ0v) is 6.53. The third kappa shape index (κ3) is 1.43. The Labute approximate surface area is 66.4 Å². The Morgan fingerprint density at radius 1 is 1.45 bits per heavy atom. The van der Waals surface area contributed by atoms with E-state index in [1.165, 1.54) is 19.3 Å². The number of nitrogens with zero attached hydrogens (tertiary/aromatic N) is 2. The Bertz CT molecular complexity index is 199. The molecule has 3 nitrogen and oxygen atoms in total. The lowest BCUT2D eigenvalue weighted by Crippen LogP contribution is -2.30. The molecule has 1 aromatic rings. The first kappa shape index (κ1) is 6.85. The average Bonchev–Trinajstić information content (AvgIpc) is 2.58. The molecule has 11 heavy (non-hydrogen) atoms. The van der Waals surface area contributed by atoms with Crippen molar-refractivity contribution in [1.29, 1.82) is 0 Å². The van der Waals surface area contributed by atoms with Gasteiger partial charge in [-0.15, -0.1) is 0 Å². The van der Waals surface area contributed by atoms with Gasteiger partial charge in [-0.2, -0.15) is 0 Å². The van der Waals surface area contributed by atoms with Crippen LogP contribution < -0.4 is 5.32 Å². The second-order valence-corrected chi connectivity index (χ2v) is 2.98. The summed E-state index contributed by atoms with van der Waals surface area (Å²) in [5.41, 5.74) is 0. The molecule has 1 aromatic heterocycles. The first-order chi connectivity index (χ1) is 5.47. The highest BCUT2D eigenvalue weighted by Gasteiger charge is 2.12. The van der Waals surface area contributed by atoms with E-state index in [4.69, 9.17) is 0 Å². The molecule has 3 heteroatoms. The van der Waals surface area contributed by atoms with Gasteiger partial charge in [-0.1, -0.05) is 0 Å². The SMILES string of the molecule is c1cn(C2CCCCN2)cn1. The van der Waals surface area contributed by atoms with Crippen molar-refractivity contribution in [3.63, 3.8) is 0 Å². The molecule has 1 aliphatic heterocycles. The van der Waals surface area contributed by atoms with E-state index in [1.54, 1.807) is 0 Å². The van der Waals surface area contributed by atoms with Crippen molar-refractivity contribution in [3.05, 3.63) is 18.7 Å². The van der Waals surface area contributed by atoms with Crippen molar-refractivity contribution in [2.24, 2.45) is 0 Å². The van der Waals surface area contributed by atoms with Gasteiger partial charge in [-0.05, 0) is 25.8 Å². The molecule has 1 atom stereocenters. The number of hydrogen-bond acceptors (Lipinski definition) is 2. The largest absolute Gasteiger partial charge is 0.321 e. The number of piperidine rings is 1. The Balaban J connectivity index is 2.04. The summed E-state index contributed by atoms with van der Waals surface area (Å²) in [7, 11) is 0. The van der Waals surface area contributed by atoms with Gasteiger partial charge >= 0.3 is 0 Å². The molecule has 0 spiro atoms. The van der Waals surface area contributed by atoms with Crippen LogP contribution in [0.4, 0.5) is 0 Å². The lowest BCUT2D eigenvalue weighted by Gasteiger charge is -2.24. The maximum Gasteiger partial charge on any atom is 0.0959 e. The summed E-state index contributed by atoms with van der Waals surface area (Å²) >= 11 is 0. The van der Waals surface area contributed by atoms with E-state index >= 15 is 0 Å². The Morgan fingerprint density at radius 2 is 2.45 bits per heavy atom. The molecule has 1 unspecified atom stereocenters. The molecule has 0 aromatic carbocycles. The van der Waals surface area contributed by atoms with Crippen LogP contribution in [0.25, 0.3) is 0 Å². The molecular formula is C8H13N3. The minimum absolute atomic E-state index is 0.492. The second-order valence-electron chi connectivity index (χ2n) is 2.98. The zero-order valence-electron chi connectivity index (χ0n) is 6.53. The third-order valence-electron chi connectivity index (χ3n) is 2.17. The van der Waals surface area contributed by atoms with Crippen molar-refractivity contribution < 1.29 is 0 Å². The number of aromatic nitrogens is 2. The Morgan fingerprint density at radius 3 is 3.09 bits per heavy atom. The zero-order chi connectivity index (χ0) is 7.52. The van der Waals surface area contributed by atoms with E-state index in [0.29, 0.717) is 6.17 Å². The van der Waals surface area contributed by atoms with E-state index in [9.17, 15) is 0 Å². The van der Waals surface area contributed by atoms with Crippen LogP contribution in [0.3, 0.4) is 0 Å². The molecule has 1 N–H and O–H groups in total. The molecule has 1 fully saturated rings. The van der Waals surface area contributed by atoms with Gasteiger partial charge in [0.15, 0.2) is 0 Å². The normalized spacial score (nSPS) is 25.3. The Kier molecular flexibility index (Phi) is 1.90. The standard InChI is InChI=1S/C8H13N3/c1-2-4-10-8(3-1)11-6-5-9-7-11/h5-8,10H,1-4H2. The fraction of sp³-hybridized carbons (Fsp3) is 0.625. The van der Waals surface area contributed by atoms with E-state index < -0.39 is 0 Å². The van der Waals surface area contributed by atoms with Crippen LogP contribution in [0.1, 0.15) is 25.4 Å². The topological polar surface area (TPSA) is 29.9 Å². The summed E-state index contributed by atoms with van der Waals surface area (Å²) in [5.74, 6) is 0. The second kappa shape index (κ2) is 3.05. The van der Waals surface area contributed by atoms with Crippen LogP contribution >= 0.6 is 0 Å². The summed E-state index contributed by atoms with van der Waals surface area (Å²) in [6, 6.07) is 0. The molecule has 2 heterocycles. The van der Waals surface area contributed by atoms with Gasteiger partial charge < -0.3 is 4.57 Å². The molecule has 0 saturated carbocycles. The van der Waals surface area contributed by atoms with Crippen molar-refractivity contribution in [3.8, 4) is 0 Å². The van der Waals surface area contributed by atoms with Gasteiger partial charge in [0.1, 0.15) is 0 Å². The van der Waals surface area contributed by atoms with Gasteiger partial charge in [0, 0.05) is 12.4 Å². The lowest BCUT2D eigenvalue weighted by atomic mass is 10.1. The number of imidazole rings is 1. The van der Waals surface area contributed by atoms with Gasteiger partial charge in [0.2, 0.25) is 0 Å². The van der Waals surface area contributed by atoms with Gasteiger partial charge in [0.25, 0.3) is 0 Å². The molecule has 0 aliphatic carbocycles. The van der Waals surface area contributed by atoms with E-state index in [0.717, 1.165) is 6.54 Å². The van der Waals surface area contributed by atoms with Crippen LogP contribution in [0.2, 0.25) is 0 Å². The minimum Gasteiger partial charge on any atom is -0.321 e. The highest BCUT2D eigenvalue weighted by Crippen LogP contribution is 2.15. The van der Waals surface area contributed by atoms with Crippen molar-refractivity contribution in [2.45, 2.75) is 25.4 Å². The summed E-state index contributed by atoms with van der Waals surface area (Å²) in [5, 5.41) is 3.44. The van der Waals surface area contributed by atoms with Gasteiger partial charge in [-0.3, -0.25) is 5.32 Å². The van der Waals surface area contributed by atoms with Crippen LogP contribution in [-0.4, -0.2) is 16.1 Å². The van der Waals surface area contributed by atoms with Crippen LogP contribution in [0.15, 0.2) is 18.7 Å². The maximum absolute atomic E-state index is 4.02. The lowest BCUT2D eigenvalue weighted by molar-refractivity contribution is 0.320. The molecule has 1 saturated heterocycles.